The molecule has 1 rings (SSSR count). The van der Waals surface area contributed by atoms with Gasteiger partial charge >= 0.3 is 0 Å². The fourth-order valence-electron chi connectivity index (χ4n) is 3.15. The van der Waals surface area contributed by atoms with Gasteiger partial charge in [-0.3, -0.25) is 0 Å². The van der Waals surface area contributed by atoms with Crippen LogP contribution in [0.3, 0.4) is 0 Å². The summed E-state index contributed by atoms with van der Waals surface area (Å²) >= 11 is 0. The van der Waals surface area contributed by atoms with Crippen LogP contribution in [0.5, 0.6) is 0 Å². The van der Waals surface area contributed by atoms with Gasteiger partial charge in [-0.2, -0.15) is 0 Å². The van der Waals surface area contributed by atoms with E-state index in [0.717, 1.165) is 18.4 Å². The van der Waals surface area contributed by atoms with Crippen LogP contribution >= 0.6 is 0 Å². The minimum absolute atomic E-state index is 0.558. The molecule has 0 spiro atoms. The summed E-state index contributed by atoms with van der Waals surface area (Å²) in [5, 5.41) is 3.35. The van der Waals surface area contributed by atoms with Gasteiger partial charge in [-0.1, -0.05) is 13.8 Å². The summed E-state index contributed by atoms with van der Waals surface area (Å²) in [6.45, 7) is 6.95. The monoisotopic (exact) mass is 227 g/mol. The van der Waals surface area contributed by atoms with Crippen molar-refractivity contribution in [2.24, 2.45) is 17.3 Å². The molecule has 0 amide bonds. The quantitative estimate of drug-likeness (QED) is 0.704. The van der Waals surface area contributed by atoms with Gasteiger partial charge in [0, 0.05) is 13.7 Å². The van der Waals surface area contributed by atoms with E-state index < -0.39 is 0 Å². The lowest BCUT2D eigenvalue weighted by atomic mass is 9.66. The lowest BCUT2D eigenvalue weighted by Crippen LogP contribution is -2.35. The predicted molar refractivity (Wildman–Crippen MR) is 69.6 cm³/mol. The number of ether oxygens (including phenoxy) is 1. The zero-order valence-electron chi connectivity index (χ0n) is 11.5. The Morgan fingerprint density at radius 1 is 1.31 bits per heavy atom. The van der Waals surface area contributed by atoms with E-state index in [1.807, 2.05) is 0 Å². The van der Waals surface area contributed by atoms with E-state index in [1.54, 1.807) is 7.11 Å². The molecule has 1 aliphatic carbocycles. The first-order valence-corrected chi connectivity index (χ1v) is 6.72. The van der Waals surface area contributed by atoms with Crippen LogP contribution in [0.1, 0.15) is 46.0 Å². The van der Waals surface area contributed by atoms with Crippen molar-refractivity contribution in [2.75, 3.05) is 27.3 Å². The van der Waals surface area contributed by atoms with E-state index in [2.05, 4.69) is 26.2 Å². The fourth-order valence-corrected chi connectivity index (χ4v) is 3.15. The molecule has 2 atom stereocenters. The molecule has 0 aromatic heterocycles. The number of nitrogens with one attached hydrogen (secondary N) is 1. The second-order valence-corrected chi connectivity index (χ2v) is 6.12. The maximum atomic E-state index is 5.16. The molecule has 2 heteroatoms. The normalized spacial score (nSPS) is 29.2. The second kappa shape index (κ2) is 6.61. The summed E-state index contributed by atoms with van der Waals surface area (Å²) in [4.78, 5) is 0. The number of methoxy groups -OCH3 is 1. The average Bonchev–Trinajstić information content (AvgIpc) is 2.22. The van der Waals surface area contributed by atoms with Crippen LogP contribution in [-0.2, 0) is 4.74 Å². The SMILES string of the molecule is CNCC1CCC(C)(C)CC1CCCOC. The number of rotatable bonds is 6. The number of hydrogen-bond acceptors (Lipinski definition) is 2. The molecule has 1 N–H and O–H groups in total. The first kappa shape index (κ1) is 14.0. The molecule has 16 heavy (non-hydrogen) atoms. The Bertz CT molecular complexity index is 191. The van der Waals surface area contributed by atoms with E-state index in [9.17, 15) is 0 Å². The van der Waals surface area contributed by atoms with Crippen molar-refractivity contribution in [3.63, 3.8) is 0 Å². The van der Waals surface area contributed by atoms with E-state index in [0.29, 0.717) is 5.41 Å². The van der Waals surface area contributed by atoms with E-state index in [1.165, 1.54) is 38.6 Å². The topological polar surface area (TPSA) is 21.3 Å². The fraction of sp³-hybridized carbons (Fsp3) is 1.00. The highest BCUT2D eigenvalue weighted by Gasteiger charge is 2.33. The molecule has 0 aromatic carbocycles. The largest absolute Gasteiger partial charge is 0.385 e. The Kier molecular flexibility index (Phi) is 5.77. The second-order valence-electron chi connectivity index (χ2n) is 6.12. The molecule has 1 fully saturated rings. The highest BCUT2D eigenvalue weighted by Crippen LogP contribution is 2.43. The molecule has 1 saturated carbocycles. The molecular formula is C14H29NO. The highest BCUT2D eigenvalue weighted by molar-refractivity contribution is 4.85. The van der Waals surface area contributed by atoms with Crippen molar-refractivity contribution in [3.8, 4) is 0 Å². The van der Waals surface area contributed by atoms with Gasteiger partial charge in [-0.25, -0.2) is 0 Å². The van der Waals surface area contributed by atoms with Crippen molar-refractivity contribution in [1.29, 1.82) is 0 Å². The van der Waals surface area contributed by atoms with Gasteiger partial charge < -0.3 is 10.1 Å². The third kappa shape index (κ3) is 4.42. The van der Waals surface area contributed by atoms with Gasteiger partial charge in [0.25, 0.3) is 0 Å². The maximum Gasteiger partial charge on any atom is 0.0462 e. The van der Waals surface area contributed by atoms with Crippen LogP contribution in [0, 0.1) is 17.3 Å². The molecule has 0 saturated heterocycles. The van der Waals surface area contributed by atoms with Gasteiger partial charge in [0.15, 0.2) is 0 Å². The first-order valence-electron chi connectivity index (χ1n) is 6.72. The average molecular weight is 227 g/mol. The minimum Gasteiger partial charge on any atom is -0.385 e. The Morgan fingerprint density at radius 2 is 2.06 bits per heavy atom. The highest BCUT2D eigenvalue weighted by atomic mass is 16.5. The summed E-state index contributed by atoms with van der Waals surface area (Å²) in [5.74, 6) is 1.78. The molecule has 0 aromatic rings. The number of hydrogen-bond donors (Lipinski definition) is 1. The molecule has 0 heterocycles. The van der Waals surface area contributed by atoms with Crippen LogP contribution in [0.15, 0.2) is 0 Å². The van der Waals surface area contributed by atoms with Gasteiger partial charge in [-0.15, -0.1) is 0 Å². The summed E-state index contributed by atoms with van der Waals surface area (Å²) in [6, 6.07) is 0. The zero-order chi connectivity index (χ0) is 12.0. The maximum absolute atomic E-state index is 5.16. The first-order chi connectivity index (χ1) is 7.59. The van der Waals surface area contributed by atoms with Crippen LogP contribution in [-0.4, -0.2) is 27.3 Å². The van der Waals surface area contributed by atoms with Gasteiger partial charge in [0.2, 0.25) is 0 Å². The molecule has 0 aliphatic heterocycles. The van der Waals surface area contributed by atoms with E-state index in [4.69, 9.17) is 4.74 Å². The van der Waals surface area contributed by atoms with Crippen LogP contribution in [0.2, 0.25) is 0 Å². The molecule has 2 nitrogen and oxygen atoms in total. The van der Waals surface area contributed by atoms with Crippen LogP contribution in [0.25, 0.3) is 0 Å². The van der Waals surface area contributed by atoms with Crippen molar-refractivity contribution in [1.82, 2.24) is 5.32 Å². The third-order valence-electron chi connectivity index (χ3n) is 4.06. The Balaban J connectivity index is 2.43. The molecule has 0 bridgehead atoms. The van der Waals surface area contributed by atoms with E-state index in [-0.39, 0.29) is 0 Å². The lowest BCUT2D eigenvalue weighted by Gasteiger charge is -2.41. The molecule has 0 radical (unpaired) electrons. The molecule has 2 unspecified atom stereocenters. The summed E-state index contributed by atoms with van der Waals surface area (Å²) < 4.78 is 5.16. The predicted octanol–water partition coefficient (Wildman–Crippen LogP) is 3.07. The van der Waals surface area contributed by atoms with Crippen LogP contribution in [0.4, 0.5) is 0 Å². The molecular weight excluding hydrogens is 198 g/mol. The van der Waals surface area contributed by atoms with E-state index >= 15 is 0 Å². The Morgan fingerprint density at radius 3 is 2.69 bits per heavy atom. The summed E-state index contributed by atoms with van der Waals surface area (Å²) in [6.07, 6.45) is 6.73. The molecule has 1 aliphatic rings. The smallest absolute Gasteiger partial charge is 0.0462 e. The van der Waals surface area contributed by atoms with Gasteiger partial charge in [-0.05, 0) is 62.9 Å². The standard InChI is InChI=1S/C14H29NO/c1-14(2)8-7-13(11-15-3)12(10-14)6-5-9-16-4/h12-13,15H,5-11H2,1-4H3. The van der Waals surface area contributed by atoms with Crippen molar-refractivity contribution >= 4 is 0 Å². The van der Waals surface area contributed by atoms with Gasteiger partial charge in [0.1, 0.15) is 0 Å². The van der Waals surface area contributed by atoms with Crippen molar-refractivity contribution in [2.45, 2.75) is 46.0 Å². The zero-order valence-corrected chi connectivity index (χ0v) is 11.5. The Hall–Kier alpha value is -0.0800. The summed E-state index contributed by atoms with van der Waals surface area (Å²) in [7, 11) is 3.88. The lowest BCUT2D eigenvalue weighted by molar-refractivity contribution is 0.0993. The summed E-state index contributed by atoms with van der Waals surface area (Å²) in [5.41, 5.74) is 0.558. The third-order valence-corrected chi connectivity index (χ3v) is 4.06. The van der Waals surface area contributed by atoms with Crippen molar-refractivity contribution < 1.29 is 4.74 Å². The molecule has 96 valence electrons. The minimum atomic E-state index is 0.558. The van der Waals surface area contributed by atoms with Gasteiger partial charge in [0.05, 0.1) is 0 Å². The Labute approximate surface area is 101 Å². The van der Waals surface area contributed by atoms with Crippen LogP contribution < -0.4 is 5.32 Å². The van der Waals surface area contributed by atoms with Crippen molar-refractivity contribution in [3.05, 3.63) is 0 Å².